The smallest absolute Gasteiger partial charge is 0.344 e. The Morgan fingerprint density at radius 2 is 1.03 bits per heavy atom. The van der Waals surface area contributed by atoms with Crippen LogP contribution in [0, 0.1) is 17.5 Å². The predicted molar refractivity (Wildman–Crippen MR) is 382 cm³/mol. The summed E-state index contributed by atoms with van der Waals surface area (Å²) in [5.74, 6) is -1.43. The van der Waals surface area contributed by atoms with E-state index < -0.39 is 34.3 Å². The summed E-state index contributed by atoms with van der Waals surface area (Å²) >= 11 is 8.77. The number of thiazole rings is 4. The first-order chi connectivity index (χ1) is 46.3. The molecule has 0 saturated carbocycles. The zero-order valence-corrected chi connectivity index (χ0v) is 59.9. The number of carbonyl (C=O) groups excluding carboxylic acids is 2. The number of fused-ring (bicyclic) bond motifs is 6. The number of likely N-dealkylation sites (N-methyl/N-ethyl adjacent to an activating group) is 2. The van der Waals surface area contributed by atoms with Crippen LogP contribution in [0.25, 0.3) is 75.9 Å². The van der Waals surface area contributed by atoms with Crippen molar-refractivity contribution in [1.29, 1.82) is 0 Å². The van der Waals surface area contributed by atoms with E-state index in [9.17, 15) is 41.9 Å². The summed E-state index contributed by atoms with van der Waals surface area (Å²) in [6.45, 7) is 8.72. The highest BCUT2D eigenvalue weighted by atomic mass is 79.9. The number of alkyl halides is 1. The van der Waals surface area contributed by atoms with Gasteiger partial charge in [-0.25, -0.2) is 51.9 Å². The molecule has 2 saturated heterocycles. The SMILES string of the molecule is Br.CN1CCN(c2ccc3cc(-c4cn5ccsc5n4)oc(=O)c3c2)CC1.CN1CCNCC1.Nc1nccs1.Nc1scc[n+]1CC(=O)c1cc2ccc(F)cc2c(=O)o1.O=C(CBr)c1cc2ccc(F)cc2c(=O)o1.O=c1oc(-c2cn3ccsc3n2)cc2ccc(F)cc12.[Br-]. The van der Waals surface area contributed by atoms with Gasteiger partial charge < -0.3 is 60.4 Å². The van der Waals surface area contributed by atoms with Crippen LogP contribution >= 0.6 is 78.3 Å². The zero-order valence-electron chi connectivity index (χ0n) is 51.8. The van der Waals surface area contributed by atoms with E-state index >= 15 is 0 Å². The number of rotatable bonds is 8. The lowest BCUT2D eigenvalue weighted by Gasteiger charge is -2.34. The number of piperazine rings is 2. The number of hydrogen-bond acceptors (Lipinski definition) is 23. The summed E-state index contributed by atoms with van der Waals surface area (Å²) in [6.07, 6.45) is 10.9. The maximum atomic E-state index is 13.1. The van der Waals surface area contributed by atoms with Gasteiger partial charge in [0.2, 0.25) is 11.6 Å². The van der Waals surface area contributed by atoms with Crippen LogP contribution in [-0.2, 0) is 6.54 Å². The molecule has 32 heteroatoms. The molecule has 0 unspecified atom stereocenters. The number of Topliss-reactive ketones (excluding diaryl/α,β-unsaturated/α-hetero) is 2. The lowest BCUT2D eigenvalue weighted by Crippen LogP contribution is -3.00. The minimum atomic E-state index is -0.737. The van der Waals surface area contributed by atoms with Gasteiger partial charge in [0.1, 0.15) is 35.0 Å². The van der Waals surface area contributed by atoms with Gasteiger partial charge >= 0.3 is 27.6 Å². The highest BCUT2D eigenvalue weighted by Crippen LogP contribution is 2.28. The summed E-state index contributed by atoms with van der Waals surface area (Å²) in [5, 5.41) is 15.5. The zero-order chi connectivity index (χ0) is 67.6. The van der Waals surface area contributed by atoms with Crippen LogP contribution < -0.4 is 65.7 Å². The normalized spacial score (nSPS) is 13.0. The number of halogens is 6. The van der Waals surface area contributed by atoms with Crippen LogP contribution in [0.5, 0.6) is 0 Å². The molecule has 22 nitrogen and oxygen atoms in total. The van der Waals surface area contributed by atoms with Gasteiger partial charge in [0.15, 0.2) is 44.6 Å². The highest BCUT2D eigenvalue weighted by molar-refractivity contribution is 9.09. The number of nitrogens with one attached hydrogen (secondary N) is 1. The van der Waals surface area contributed by atoms with Crippen molar-refractivity contribution in [1.82, 2.24) is 38.9 Å². The van der Waals surface area contributed by atoms with Gasteiger partial charge in [-0.05, 0) is 108 Å². The average molecular weight is 1600 g/mol. The summed E-state index contributed by atoms with van der Waals surface area (Å²) < 4.78 is 65.1. The molecule has 16 rings (SSSR count). The first-order valence-corrected chi connectivity index (χ1v) is 33.9. The lowest BCUT2D eigenvalue weighted by molar-refractivity contribution is -0.664. The first-order valence-electron chi connectivity index (χ1n) is 29.3. The highest BCUT2D eigenvalue weighted by Gasteiger charge is 2.20. The Morgan fingerprint density at radius 1 is 0.571 bits per heavy atom. The number of benzene rings is 4. The summed E-state index contributed by atoms with van der Waals surface area (Å²) in [4.78, 5) is 92.5. The van der Waals surface area contributed by atoms with E-state index in [0.717, 1.165) is 72.4 Å². The molecule has 0 atom stereocenters. The van der Waals surface area contributed by atoms with Crippen LogP contribution in [0.15, 0.2) is 193 Å². The van der Waals surface area contributed by atoms with E-state index in [1.165, 1.54) is 95.6 Å². The van der Waals surface area contributed by atoms with Gasteiger partial charge in [0, 0.05) is 111 Å². The Labute approximate surface area is 599 Å². The number of aromatic nitrogens is 6. The van der Waals surface area contributed by atoms with E-state index in [1.54, 1.807) is 52.0 Å². The molecule has 0 amide bonds. The molecule has 12 heterocycles. The van der Waals surface area contributed by atoms with E-state index in [-0.39, 0.29) is 90.7 Å². The monoisotopic (exact) mass is 1600 g/mol. The number of ketones is 2. The number of nitrogen functional groups attached to an aromatic ring is 2. The fourth-order valence-corrected chi connectivity index (χ4v) is 12.5. The maximum absolute atomic E-state index is 13.1. The molecule has 2 aliphatic rings. The number of carbonyl (C=O) groups is 2. The summed E-state index contributed by atoms with van der Waals surface area (Å²) in [7, 11) is 4.29. The van der Waals surface area contributed by atoms with Crippen molar-refractivity contribution in [2.24, 2.45) is 0 Å². The molecule has 508 valence electrons. The number of imidazole rings is 2. The second-order valence-electron chi connectivity index (χ2n) is 21.6. The molecular formula is C66H58Br3F3N12O10S4. The molecule has 5 N–H and O–H groups in total. The Balaban J connectivity index is 0.000000144. The number of nitrogens with two attached hydrogens (primary N) is 2. The number of anilines is 3. The van der Waals surface area contributed by atoms with Crippen molar-refractivity contribution >= 4 is 159 Å². The Kier molecular flexibility index (Phi) is 25.2. The second-order valence-corrected chi connectivity index (χ2v) is 25.7. The van der Waals surface area contributed by atoms with E-state index in [0.29, 0.717) is 54.7 Å². The minimum absolute atomic E-state index is 0. The van der Waals surface area contributed by atoms with Crippen LogP contribution in [0.4, 0.5) is 29.1 Å². The van der Waals surface area contributed by atoms with Gasteiger partial charge in [-0.2, -0.15) is 0 Å². The van der Waals surface area contributed by atoms with Gasteiger partial charge in [-0.3, -0.25) is 24.1 Å². The van der Waals surface area contributed by atoms with Crippen molar-refractivity contribution in [2.75, 3.05) is 88.2 Å². The average Bonchev–Trinajstić information content (AvgIpc) is 1.55. The quantitative estimate of drug-likeness (QED) is 0.0732. The Morgan fingerprint density at radius 3 is 1.45 bits per heavy atom. The molecular weight excluding hydrogens is 1550 g/mol. The first kappa shape index (κ1) is 73.4. The molecule has 0 bridgehead atoms. The third-order valence-electron chi connectivity index (χ3n) is 15.0. The molecule has 2 fully saturated rings. The Hall–Kier alpha value is -8.83. The van der Waals surface area contributed by atoms with Crippen molar-refractivity contribution in [3.8, 4) is 22.9 Å². The molecule has 0 aliphatic carbocycles. The summed E-state index contributed by atoms with van der Waals surface area (Å²) in [6, 6.07) is 24.0. The van der Waals surface area contributed by atoms with Crippen LogP contribution in [-0.4, -0.2) is 117 Å². The standard InChI is InChI=1S/C19H18N4O2S.C14H9FN2O3S.C14H7FN2O2S.C11H6BrFO3.C5H12N2.C3H4N2S.2BrH/c1-21-4-6-22(7-5-21)14-3-2-13-10-17(25-18(24)15(13)11-14)16-12-23-8-9-26-19(23)20-16;15-9-2-1-8-5-12(20-13(19)10(8)6-9)11(18)7-17-3-4-21-14(17)16;15-9-2-1-8-5-12(19-13(18)10(8)6-9)11-7-17-3-4-20-14(17)16-11;12-5-9(14)10-3-6-1-2-7(13)4-8(6)11(15)16-10;1-7-4-2-6-3-5-7;4-3-5-1-2-6-3;;/h2-3,8-12H,4-7H2,1H3;1-6,16H,7H2;1-7H;1-4H,5H2;6H,2-5H2,1H3;1-2H,(H2,4,5);2*1H. The van der Waals surface area contributed by atoms with Gasteiger partial charge in [0.05, 0.1) is 26.9 Å². The third kappa shape index (κ3) is 18.3. The van der Waals surface area contributed by atoms with Crippen LogP contribution in [0.3, 0.4) is 0 Å². The molecule has 4 aromatic carbocycles. The van der Waals surface area contributed by atoms with Gasteiger partial charge in [-0.1, -0.05) is 51.5 Å². The number of nitrogens with zero attached hydrogens (tertiary/aromatic N) is 9. The van der Waals surface area contributed by atoms with Crippen molar-refractivity contribution in [3.05, 3.63) is 226 Å². The van der Waals surface area contributed by atoms with Gasteiger partial charge in [0.25, 0.3) is 0 Å². The van der Waals surface area contributed by atoms with Crippen LogP contribution in [0.2, 0.25) is 0 Å². The maximum Gasteiger partial charge on any atom is 0.344 e. The molecule has 2 aliphatic heterocycles. The molecule has 10 aromatic heterocycles. The molecule has 0 spiro atoms. The van der Waals surface area contributed by atoms with E-state index in [1.807, 2.05) is 61.7 Å². The summed E-state index contributed by atoms with van der Waals surface area (Å²) in [5.41, 5.74) is 10.9. The molecule has 98 heavy (non-hydrogen) atoms. The largest absolute Gasteiger partial charge is 1.00 e. The van der Waals surface area contributed by atoms with Crippen molar-refractivity contribution in [2.45, 2.75) is 6.54 Å². The van der Waals surface area contributed by atoms with Crippen LogP contribution in [0.1, 0.15) is 21.1 Å². The minimum Gasteiger partial charge on any atom is -1.00 e. The third-order valence-corrected chi connectivity index (χ3v) is 18.4. The van der Waals surface area contributed by atoms with Crippen molar-refractivity contribution in [3.63, 3.8) is 0 Å². The molecule has 14 aromatic rings. The predicted octanol–water partition coefficient (Wildman–Crippen LogP) is 8.31. The number of hydrogen-bond donors (Lipinski definition) is 3. The fourth-order valence-electron chi connectivity index (χ4n) is 9.88. The molecule has 0 radical (unpaired) electrons. The lowest BCUT2D eigenvalue weighted by atomic mass is 10.1. The Bertz CT molecular complexity index is 5300. The van der Waals surface area contributed by atoms with Gasteiger partial charge in [-0.15, -0.1) is 51.0 Å². The topological polar surface area (TPSA) is 280 Å². The van der Waals surface area contributed by atoms with E-state index in [2.05, 4.69) is 71.1 Å². The fraction of sp³-hybridized carbons (Fsp3) is 0.182. The second kappa shape index (κ2) is 33.6. The van der Waals surface area contributed by atoms with E-state index in [4.69, 9.17) is 29.1 Å². The van der Waals surface area contributed by atoms with Crippen molar-refractivity contribution < 1.29 is 62.0 Å².